The number of piperidine rings is 1. The maximum absolute atomic E-state index is 11.5. The highest BCUT2D eigenvalue weighted by Gasteiger charge is 2.27. The molecule has 0 bridgehead atoms. The maximum Gasteiger partial charge on any atom is 0.211 e. The molecule has 19 heavy (non-hydrogen) atoms. The van der Waals surface area contributed by atoms with E-state index in [0.717, 1.165) is 38.2 Å². The lowest BCUT2D eigenvalue weighted by Crippen LogP contribution is -2.44. The molecule has 1 aromatic rings. The molecule has 1 aromatic heterocycles. The summed E-state index contributed by atoms with van der Waals surface area (Å²) in [5.41, 5.74) is 0.937. The number of aryl methyl sites for hydroxylation is 1. The minimum atomic E-state index is -3.09. The second-order valence-corrected chi connectivity index (χ2v) is 7.19. The molecule has 0 radical (unpaired) electrons. The number of rotatable bonds is 4. The van der Waals surface area contributed by atoms with Crippen molar-refractivity contribution in [2.24, 2.45) is 0 Å². The fourth-order valence-corrected chi connectivity index (χ4v) is 3.17. The predicted octanol–water partition coefficient (Wildman–Crippen LogP) is 0.839. The van der Waals surface area contributed by atoms with Crippen LogP contribution in [0.15, 0.2) is 10.7 Å². The summed E-state index contributed by atoms with van der Waals surface area (Å²) < 4.78 is 29.7. The lowest BCUT2D eigenvalue weighted by Gasteiger charge is -2.35. The van der Waals surface area contributed by atoms with Gasteiger partial charge in [-0.25, -0.2) is 17.7 Å². The lowest BCUT2D eigenvalue weighted by molar-refractivity contribution is 0.163. The Morgan fingerprint density at radius 3 is 2.58 bits per heavy atom. The monoisotopic (exact) mass is 287 g/mol. The molecule has 108 valence electrons. The molecule has 0 aliphatic carbocycles. The summed E-state index contributed by atoms with van der Waals surface area (Å²) >= 11 is 0. The van der Waals surface area contributed by atoms with E-state index >= 15 is 0 Å². The van der Waals surface area contributed by atoms with Crippen molar-refractivity contribution in [1.29, 1.82) is 0 Å². The highest BCUT2D eigenvalue weighted by Crippen LogP contribution is 2.19. The predicted molar refractivity (Wildman–Crippen MR) is 72.1 cm³/mol. The fraction of sp³-hybridized carbons (Fsp3) is 0.750. The maximum atomic E-state index is 11.5. The Morgan fingerprint density at radius 2 is 2.11 bits per heavy atom. The summed E-state index contributed by atoms with van der Waals surface area (Å²) in [6.45, 7) is 4.37. The summed E-state index contributed by atoms with van der Waals surface area (Å²) in [7, 11) is -1.42. The van der Waals surface area contributed by atoms with Crippen LogP contribution in [0.25, 0.3) is 0 Å². The molecule has 0 saturated carbocycles. The summed E-state index contributed by atoms with van der Waals surface area (Å²) in [6, 6.07) is 0.116. The first-order valence-electron chi connectivity index (χ1n) is 6.42. The summed E-state index contributed by atoms with van der Waals surface area (Å²) in [5.74, 6) is 0.682. The van der Waals surface area contributed by atoms with Gasteiger partial charge >= 0.3 is 0 Å². The van der Waals surface area contributed by atoms with Crippen LogP contribution >= 0.6 is 0 Å². The van der Waals surface area contributed by atoms with E-state index in [4.69, 9.17) is 4.42 Å². The number of sulfonamides is 1. The third kappa shape index (κ3) is 3.77. The first-order valence-corrected chi connectivity index (χ1v) is 8.27. The Labute approximate surface area is 114 Å². The van der Waals surface area contributed by atoms with E-state index in [0.29, 0.717) is 5.89 Å². The molecular weight excluding hydrogens is 266 g/mol. The van der Waals surface area contributed by atoms with Crippen molar-refractivity contribution >= 4 is 10.0 Å². The molecule has 0 N–H and O–H groups in total. The third-order valence-electron chi connectivity index (χ3n) is 3.65. The number of hydrogen-bond acceptors (Lipinski definition) is 5. The zero-order chi connectivity index (χ0) is 14.0. The van der Waals surface area contributed by atoms with Crippen LogP contribution in [0.5, 0.6) is 0 Å². The zero-order valence-corrected chi connectivity index (χ0v) is 12.5. The van der Waals surface area contributed by atoms with E-state index in [-0.39, 0.29) is 6.04 Å². The molecule has 0 spiro atoms. The smallest absolute Gasteiger partial charge is 0.211 e. The topological polar surface area (TPSA) is 66.7 Å². The highest BCUT2D eigenvalue weighted by molar-refractivity contribution is 7.88. The minimum Gasteiger partial charge on any atom is -0.449 e. The molecule has 0 atom stereocenters. The molecule has 1 fully saturated rings. The van der Waals surface area contributed by atoms with Gasteiger partial charge in [0.15, 0.2) is 5.89 Å². The minimum absolute atomic E-state index is 0.116. The summed E-state index contributed by atoms with van der Waals surface area (Å²) in [6.07, 6.45) is 4.67. The first-order chi connectivity index (χ1) is 8.86. The van der Waals surface area contributed by atoms with E-state index in [2.05, 4.69) is 9.88 Å². The van der Waals surface area contributed by atoms with E-state index in [9.17, 15) is 8.42 Å². The van der Waals surface area contributed by atoms with Crippen LogP contribution in [0, 0.1) is 6.92 Å². The van der Waals surface area contributed by atoms with Gasteiger partial charge in [-0.05, 0) is 12.8 Å². The van der Waals surface area contributed by atoms with Crippen LogP contribution < -0.4 is 0 Å². The standard InChI is InChI=1S/C12H21N3O3S/c1-10-13-11(9-18-10)8-15-6-4-12(5-7-15)14(2)19(3,16)17/h9,12H,4-8H2,1-3H3. The van der Waals surface area contributed by atoms with Gasteiger partial charge in [-0.2, -0.15) is 0 Å². The van der Waals surface area contributed by atoms with Crippen LogP contribution in [-0.2, 0) is 16.6 Å². The summed E-state index contributed by atoms with van der Waals surface area (Å²) in [4.78, 5) is 6.57. The Balaban J connectivity index is 1.86. The van der Waals surface area contributed by atoms with Gasteiger partial charge in [-0.15, -0.1) is 0 Å². The largest absolute Gasteiger partial charge is 0.449 e. The Bertz CT molecular complexity index is 518. The average Bonchev–Trinajstić information content (AvgIpc) is 2.74. The molecule has 0 amide bonds. The van der Waals surface area contributed by atoms with Gasteiger partial charge < -0.3 is 4.42 Å². The molecule has 0 aromatic carbocycles. The van der Waals surface area contributed by atoms with E-state index in [1.54, 1.807) is 13.3 Å². The number of oxazole rings is 1. The molecule has 1 aliphatic heterocycles. The van der Waals surface area contributed by atoms with Crippen molar-refractivity contribution in [2.45, 2.75) is 32.4 Å². The Kier molecular flexibility index (Phi) is 4.27. The van der Waals surface area contributed by atoms with Crippen molar-refractivity contribution in [2.75, 3.05) is 26.4 Å². The second-order valence-electron chi connectivity index (χ2n) is 5.14. The number of likely N-dealkylation sites (tertiary alicyclic amines) is 1. The van der Waals surface area contributed by atoms with Crippen LogP contribution in [0.1, 0.15) is 24.4 Å². The van der Waals surface area contributed by atoms with Crippen molar-refractivity contribution in [3.8, 4) is 0 Å². The number of nitrogens with zero attached hydrogens (tertiary/aromatic N) is 3. The van der Waals surface area contributed by atoms with Crippen LogP contribution in [0.2, 0.25) is 0 Å². The van der Waals surface area contributed by atoms with Crippen LogP contribution in [-0.4, -0.2) is 55.0 Å². The molecule has 2 heterocycles. The molecular formula is C12H21N3O3S. The number of hydrogen-bond donors (Lipinski definition) is 0. The Hall–Kier alpha value is -0.920. The van der Waals surface area contributed by atoms with Crippen molar-refractivity contribution in [3.05, 3.63) is 17.8 Å². The third-order valence-corrected chi connectivity index (χ3v) is 4.99. The Morgan fingerprint density at radius 1 is 1.47 bits per heavy atom. The molecule has 1 saturated heterocycles. The normalized spacial score (nSPS) is 19.2. The van der Waals surface area contributed by atoms with Gasteiger partial charge in [0.2, 0.25) is 10.0 Å². The number of aromatic nitrogens is 1. The SMILES string of the molecule is Cc1nc(CN2CCC(N(C)S(C)(=O)=O)CC2)co1. The average molecular weight is 287 g/mol. The highest BCUT2D eigenvalue weighted by atomic mass is 32.2. The fourth-order valence-electron chi connectivity index (χ4n) is 2.42. The van der Waals surface area contributed by atoms with Gasteiger partial charge in [-0.1, -0.05) is 0 Å². The molecule has 2 rings (SSSR count). The zero-order valence-electron chi connectivity index (χ0n) is 11.7. The molecule has 7 heteroatoms. The lowest BCUT2D eigenvalue weighted by atomic mass is 10.1. The van der Waals surface area contributed by atoms with Gasteiger partial charge in [-0.3, -0.25) is 4.90 Å². The van der Waals surface area contributed by atoms with Gasteiger partial charge in [0.05, 0.1) is 11.9 Å². The van der Waals surface area contributed by atoms with Crippen molar-refractivity contribution < 1.29 is 12.8 Å². The van der Waals surface area contributed by atoms with E-state index in [1.807, 2.05) is 6.92 Å². The van der Waals surface area contributed by atoms with Crippen molar-refractivity contribution in [3.63, 3.8) is 0 Å². The molecule has 6 nitrogen and oxygen atoms in total. The van der Waals surface area contributed by atoms with Gasteiger partial charge in [0.25, 0.3) is 0 Å². The quantitative estimate of drug-likeness (QED) is 0.821. The van der Waals surface area contributed by atoms with Gasteiger partial charge in [0, 0.05) is 39.6 Å². The molecule has 1 aliphatic rings. The second kappa shape index (κ2) is 5.60. The van der Waals surface area contributed by atoms with E-state index in [1.165, 1.54) is 10.6 Å². The van der Waals surface area contributed by atoms with E-state index < -0.39 is 10.0 Å². The molecule has 0 unspecified atom stereocenters. The van der Waals surface area contributed by atoms with Gasteiger partial charge in [0.1, 0.15) is 6.26 Å². The van der Waals surface area contributed by atoms with Crippen LogP contribution in [0.4, 0.5) is 0 Å². The first kappa shape index (κ1) is 14.5. The van der Waals surface area contributed by atoms with Crippen molar-refractivity contribution in [1.82, 2.24) is 14.2 Å². The van der Waals surface area contributed by atoms with Crippen LogP contribution in [0.3, 0.4) is 0 Å². The summed E-state index contributed by atoms with van der Waals surface area (Å²) in [5, 5.41) is 0.